The van der Waals surface area contributed by atoms with E-state index in [0.29, 0.717) is 6.42 Å². The van der Waals surface area contributed by atoms with E-state index in [-0.39, 0.29) is 17.9 Å². The molecule has 14 heavy (non-hydrogen) atoms. The molecule has 1 N–H and O–H groups in total. The van der Waals surface area contributed by atoms with Gasteiger partial charge in [0.15, 0.2) is 0 Å². The van der Waals surface area contributed by atoms with Gasteiger partial charge in [-0.3, -0.25) is 9.59 Å². The highest BCUT2D eigenvalue weighted by molar-refractivity contribution is 5.81. The molecule has 0 rings (SSSR count). The highest BCUT2D eigenvalue weighted by Crippen LogP contribution is 2.20. The fraction of sp³-hybridized carbons (Fsp3) is 0.800. The number of carboxylic acid groups (broad SMARTS) is 1. The van der Waals surface area contributed by atoms with Crippen LogP contribution >= 0.6 is 0 Å². The monoisotopic (exact) mass is 201 g/mol. The quantitative estimate of drug-likeness (QED) is 0.747. The highest BCUT2D eigenvalue weighted by Gasteiger charge is 2.16. The molecule has 0 saturated carbocycles. The van der Waals surface area contributed by atoms with Crippen molar-refractivity contribution in [2.45, 2.75) is 33.6 Å². The third kappa shape index (κ3) is 6.46. The molecule has 0 radical (unpaired) electrons. The van der Waals surface area contributed by atoms with Gasteiger partial charge in [-0.15, -0.1) is 0 Å². The van der Waals surface area contributed by atoms with Crippen molar-refractivity contribution < 1.29 is 14.7 Å². The SMILES string of the molecule is CN(CC(=O)O)C(=O)CCC(C)(C)C. The van der Waals surface area contributed by atoms with Crippen molar-refractivity contribution in [3.05, 3.63) is 0 Å². The summed E-state index contributed by atoms with van der Waals surface area (Å²) < 4.78 is 0. The fourth-order valence-corrected chi connectivity index (χ4v) is 0.964. The molecule has 0 heterocycles. The molecule has 0 aromatic rings. The Hall–Kier alpha value is -1.06. The lowest BCUT2D eigenvalue weighted by Crippen LogP contribution is -2.32. The molecule has 0 aromatic carbocycles. The van der Waals surface area contributed by atoms with Crippen LogP contribution in [0.5, 0.6) is 0 Å². The number of nitrogens with zero attached hydrogens (tertiary/aromatic N) is 1. The first kappa shape index (κ1) is 12.9. The Morgan fingerprint density at radius 3 is 2.14 bits per heavy atom. The van der Waals surface area contributed by atoms with Gasteiger partial charge in [0, 0.05) is 13.5 Å². The molecular weight excluding hydrogens is 182 g/mol. The summed E-state index contributed by atoms with van der Waals surface area (Å²) in [5, 5.41) is 8.47. The largest absolute Gasteiger partial charge is 0.480 e. The van der Waals surface area contributed by atoms with E-state index in [9.17, 15) is 9.59 Å². The van der Waals surface area contributed by atoms with Gasteiger partial charge in [0.25, 0.3) is 0 Å². The van der Waals surface area contributed by atoms with Crippen LogP contribution < -0.4 is 0 Å². The van der Waals surface area contributed by atoms with Crippen molar-refractivity contribution in [1.29, 1.82) is 0 Å². The summed E-state index contributed by atoms with van der Waals surface area (Å²) in [5.74, 6) is -1.08. The van der Waals surface area contributed by atoms with Crippen molar-refractivity contribution in [2.75, 3.05) is 13.6 Å². The summed E-state index contributed by atoms with van der Waals surface area (Å²) in [6.07, 6.45) is 1.18. The summed E-state index contributed by atoms with van der Waals surface area (Å²) in [6, 6.07) is 0. The van der Waals surface area contributed by atoms with Crippen LogP contribution in [0, 0.1) is 5.41 Å². The lowest BCUT2D eigenvalue weighted by Gasteiger charge is -2.20. The van der Waals surface area contributed by atoms with Crippen molar-refractivity contribution in [1.82, 2.24) is 4.90 Å². The molecule has 0 aliphatic rings. The summed E-state index contributed by atoms with van der Waals surface area (Å²) in [6.45, 7) is 5.94. The molecule has 0 spiro atoms. The van der Waals surface area contributed by atoms with Crippen LogP contribution in [0.15, 0.2) is 0 Å². The number of hydrogen-bond acceptors (Lipinski definition) is 2. The summed E-state index contributed by atoms with van der Waals surface area (Å²) in [4.78, 5) is 23.0. The normalized spacial score (nSPS) is 11.1. The first-order valence-electron chi connectivity index (χ1n) is 4.68. The van der Waals surface area contributed by atoms with Crippen molar-refractivity contribution in [2.24, 2.45) is 5.41 Å². The number of hydrogen-bond donors (Lipinski definition) is 1. The second-order valence-corrected chi connectivity index (χ2v) is 4.70. The molecule has 4 nitrogen and oxygen atoms in total. The number of aliphatic carboxylic acids is 1. The van der Waals surface area contributed by atoms with Crippen LogP contribution in [-0.4, -0.2) is 35.5 Å². The predicted octanol–water partition coefficient (Wildman–Crippen LogP) is 1.36. The standard InChI is InChI=1S/C10H19NO3/c1-10(2,3)6-5-8(12)11(4)7-9(13)14/h5-7H2,1-4H3,(H,13,14). The maximum Gasteiger partial charge on any atom is 0.323 e. The van der Waals surface area contributed by atoms with Crippen LogP contribution in [0.3, 0.4) is 0 Å². The number of carbonyl (C=O) groups is 2. The number of carboxylic acids is 1. The predicted molar refractivity (Wildman–Crippen MR) is 54.0 cm³/mol. The zero-order chi connectivity index (χ0) is 11.4. The molecule has 0 unspecified atom stereocenters. The molecular formula is C10H19NO3. The van der Waals surface area contributed by atoms with Crippen LogP contribution in [0.2, 0.25) is 0 Å². The molecule has 1 amide bonds. The minimum absolute atomic E-state index is 0.109. The third-order valence-electron chi connectivity index (χ3n) is 1.89. The smallest absolute Gasteiger partial charge is 0.323 e. The van der Waals surface area contributed by atoms with E-state index in [1.165, 1.54) is 11.9 Å². The van der Waals surface area contributed by atoms with E-state index >= 15 is 0 Å². The Kier molecular flexibility index (Phi) is 4.60. The topological polar surface area (TPSA) is 57.6 Å². The van der Waals surface area contributed by atoms with Gasteiger partial charge in [-0.2, -0.15) is 0 Å². The Morgan fingerprint density at radius 1 is 1.29 bits per heavy atom. The van der Waals surface area contributed by atoms with Crippen LogP contribution in [0.1, 0.15) is 33.6 Å². The van der Waals surface area contributed by atoms with E-state index in [1.807, 2.05) is 0 Å². The van der Waals surface area contributed by atoms with Crippen molar-refractivity contribution in [3.8, 4) is 0 Å². The molecule has 82 valence electrons. The minimum atomic E-state index is -0.975. The molecule has 0 bridgehead atoms. The van der Waals surface area contributed by atoms with Crippen LogP contribution in [0.4, 0.5) is 0 Å². The molecule has 0 aliphatic carbocycles. The summed E-state index contributed by atoms with van der Waals surface area (Å²) >= 11 is 0. The van der Waals surface area contributed by atoms with Crippen molar-refractivity contribution >= 4 is 11.9 Å². The zero-order valence-electron chi connectivity index (χ0n) is 9.33. The van der Waals surface area contributed by atoms with E-state index in [0.717, 1.165) is 6.42 Å². The molecule has 0 aromatic heterocycles. The lowest BCUT2D eigenvalue weighted by atomic mass is 9.90. The molecule has 0 saturated heterocycles. The lowest BCUT2D eigenvalue weighted by molar-refractivity contribution is -0.143. The number of rotatable bonds is 4. The Bertz CT molecular complexity index is 218. The fourth-order valence-electron chi connectivity index (χ4n) is 0.964. The number of carbonyl (C=O) groups excluding carboxylic acids is 1. The number of amides is 1. The molecule has 0 aliphatic heterocycles. The second-order valence-electron chi connectivity index (χ2n) is 4.70. The zero-order valence-corrected chi connectivity index (χ0v) is 9.33. The molecule has 0 fully saturated rings. The van der Waals surface area contributed by atoms with E-state index in [4.69, 9.17) is 5.11 Å². The van der Waals surface area contributed by atoms with Gasteiger partial charge in [-0.25, -0.2) is 0 Å². The molecule has 0 atom stereocenters. The first-order chi connectivity index (χ1) is 6.22. The third-order valence-corrected chi connectivity index (χ3v) is 1.89. The molecule has 4 heteroatoms. The van der Waals surface area contributed by atoms with Gasteiger partial charge in [0.2, 0.25) is 5.91 Å². The van der Waals surface area contributed by atoms with Gasteiger partial charge in [-0.05, 0) is 11.8 Å². The van der Waals surface area contributed by atoms with Crippen LogP contribution in [0.25, 0.3) is 0 Å². The number of likely N-dealkylation sites (N-methyl/N-ethyl adjacent to an activating group) is 1. The average Bonchev–Trinajstić information content (AvgIpc) is 1.97. The Labute approximate surface area is 84.9 Å². The second kappa shape index (κ2) is 4.98. The van der Waals surface area contributed by atoms with Crippen molar-refractivity contribution in [3.63, 3.8) is 0 Å². The van der Waals surface area contributed by atoms with E-state index < -0.39 is 5.97 Å². The van der Waals surface area contributed by atoms with Gasteiger partial charge in [0.1, 0.15) is 6.54 Å². The highest BCUT2D eigenvalue weighted by atomic mass is 16.4. The summed E-state index contributed by atoms with van der Waals surface area (Å²) in [7, 11) is 1.51. The van der Waals surface area contributed by atoms with E-state index in [1.54, 1.807) is 0 Å². The van der Waals surface area contributed by atoms with Gasteiger partial charge >= 0.3 is 5.97 Å². The minimum Gasteiger partial charge on any atom is -0.480 e. The maximum atomic E-state index is 11.4. The van der Waals surface area contributed by atoms with Gasteiger partial charge < -0.3 is 10.0 Å². The van der Waals surface area contributed by atoms with Gasteiger partial charge in [0.05, 0.1) is 0 Å². The van der Waals surface area contributed by atoms with Gasteiger partial charge in [-0.1, -0.05) is 20.8 Å². The first-order valence-corrected chi connectivity index (χ1v) is 4.68. The summed E-state index contributed by atoms with van der Waals surface area (Å²) in [5.41, 5.74) is 0.111. The Balaban J connectivity index is 3.91. The average molecular weight is 201 g/mol. The van der Waals surface area contributed by atoms with Crippen LogP contribution in [-0.2, 0) is 9.59 Å². The Morgan fingerprint density at radius 2 is 1.79 bits per heavy atom. The van der Waals surface area contributed by atoms with E-state index in [2.05, 4.69) is 20.8 Å². The maximum absolute atomic E-state index is 11.4.